The number of halogens is 4. The van der Waals surface area contributed by atoms with E-state index in [9.17, 15) is 13.2 Å². The smallest absolute Gasteiger partial charge is 0.418 e. The number of rotatable bonds is 5. The highest BCUT2D eigenvalue weighted by molar-refractivity contribution is 5.93. The molecular formula is C31H37F4N7O. The summed E-state index contributed by atoms with van der Waals surface area (Å²) in [6.07, 6.45) is 1.44. The van der Waals surface area contributed by atoms with Crippen molar-refractivity contribution in [1.82, 2.24) is 25.2 Å². The van der Waals surface area contributed by atoms with Crippen LogP contribution in [0.25, 0.3) is 22.2 Å². The molecule has 4 fully saturated rings. The van der Waals surface area contributed by atoms with Crippen molar-refractivity contribution in [2.75, 3.05) is 43.4 Å². The number of ether oxygens (including phenoxy) is 1. The number of anilines is 2. The highest BCUT2D eigenvalue weighted by Gasteiger charge is 2.48. The number of nitrogens with zero attached hydrogens (tertiary/aromatic N) is 5. The van der Waals surface area contributed by atoms with Crippen LogP contribution in [-0.2, 0) is 6.18 Å². The van der Waals surface area contributed by atoms with E-state index in [1.807, 2.05) is 0 Å². The van der Waals surface area contributed by atoms with Gasteiger partial charge in [0.1, 0.15) is 23.8 Å². The molecule has 43 heavy (non-hydrogen) atoms. The zero-order valence-electron chi connectivity index (χ0n) is 24.5. The second-order valence-corrected chi connectivity index (χ2v) is 13.0. The highest BCUT2D eigenvalue weighted by Crippen LogP contribution is 2.43. The lowest BCUT2D eigenvalue weighted by Gasteiger charge is -2.31. The van der Waals surface area contributed by atoms with Crippen molar-refractivity contribution in [3.05, 3.63) is 35.1 Å². The van der Waals surface area contributed by atoms with Crippen LogP contribution < -0.4 is 20.7 Å². The van der Waals surface area contributed by atoms with E-state index < -0.39 is 23.3 Å². The predicted octanol–water partition coefficient (Wildman–Crippen LogP) is 5.32. The molecule has 3 aromatic rings. The molecule has 4 aliphatic heterocycles. The number of hydrogen-bond donors (Lipinski definition) is 2. The van der Waals surface area contributed by atoms with Crippen LogP contribution in [0.4, 0.5) is 29.2 Å². The van der Waals surface area contributed by atoms with Gasteiger partial charge in [-0.2, -0.15) is 23.1 Å². The topological polar surface area (TPSA) is 92.4 Å². The second kappa shape index (κ2) is 10.4. The molecule has 0 amide bonds. The van der Waals surface area contributed by atoms with E-state index in [2.05, 4.69) is 32.0 Å². The molecule has 6 heterocycles. The van der Waals surface area contributed by atoms with Crippen LogP contribution in [0.2, 0.25) is 0 Å². The van der Waals surface area contributed by atoms with Gasteiger partial charge in [0, 0.05) is 42.7 Å². The number of nitrogens with two attached hydrogens (primary N) is 1. The second-order valence-electron chi connectivity index (χ2n) is 13.0. The Bertz CT molecular complexity index is 1570. The van der Waals surface area contributed by atoms with E-state index in [-0.39, 0.29) is 40.1 Å². The summed E-state index contributed by atoms with van der Waals surface area (Å²) in [5.74, 6) is 0.0616. The van der Waals surface area contributed by atoms with Gasteiger partial charge in [0.05, 0.1) is 16.8 Å². The molecule has 230 valence electrons. The van der Waals surface area contributed by atoms with Gasteiger partial charge in [-0.1, -0.05) is 6.92 Å². The van der Waals surface area contributed by atoms with E-state index >= 15 is 4.39 Å². The zero-order valence-corrected chi connectivity index (χ0v) is 24.5. The van der Waals surface area contributed by atoms with Gasteiger partial charge in [-0.15, -0.1) is 0 Å². The lowest BCUT2D eigenvalue weighted by Crippen LogP contribution is -2.43. The summed E-state index contributed by atoms with van der Waals surface area (Å²) in [6.45, 7) is 7.36. The van der Waals surface area contributed by atoms with Crippen LogP contribution in [0.15, 0.2) is 18.2 Å². The van der Waals surface area contributed by atoms with E-state index in [1.54, 1.807) is 6.07 Å². The minimum Gasteiger partial charge on any atom is -0.461 e. The number of fused-ring (bicyclic) bond motifs is 4. The number of aromatic nitrogens is 3. The summed E-state index contributed by atoms with van der Waals surface area (Å²) in [4.78, 5) is 17.9. The normalized spacial score (nSPS) is 27.6. The fraction of sp³-hybridized carbons (Fsp3) is 0.581. The van der Waals surface area contributed by atoms with Gasteiger partial charge in [-0.25, -0.2) is 9.37 Å². The molecule has 12 heteroatoms. The van der Waals surface area contributed by atoms with Crippen LogP contribution in [0.5, 0.6) is 6.01 Å². The maximum absolute atomic E-state index is 16.5. The fourth-order valence-corrected chi connectivity index (χ4v) is 8.02. The van der Waals surface area contributed by atoms with Crippen molar-refractivity contribution < 1.29 is 22.3 Å². The molecule has 7 rings (SSSR count). The number of nitrogens with one attached hydrogen (secondary N) is 1. The first-order chi connectivity index (χ1) is 20.5. The summed E-state index contributed by atoms with van der Waals surface area (Å²) in [5, 5.41) is 4.08. The zero-order chi connectivity index (χ0) is 30.1. The van der Waals surface area contributed by atoms with Crippen molar-refractivity contribution in [3.63, 3.8) is 0 Å². The average Bonchev–Trinajstić information content (AvgIpc) is 3.57. The molecule has 0 aliphatic carbocycles. The Kier molecular flexibility index (Phi) is 6.92. The number of nitrogen functional groups attached to an aromatic ring is 1. The average molecular weight is 600 g/mol. The highest BCUT2D eigenvalue weighted by atomic mass is 19.4. The standard InChI is InChI=1S/C31H37F4N7O/c1-17-13-30(9-3-10-42(30)14-17)16-43-29-39-27-22(28(40-29)41-11-8-19-4-5-20(15-41)37-19)7-6-21(25(27)32)26-24(31(33,34)35)18(2)12-23(36)38-26/h6-7,12,17,19-20,37H,3-5,8-11,13-16H2,1-2H3,(H2,36,38)/t17-,19+,20-,30+/m0/s1. The molecule has 4 atom stereocenters. The maximum atomic E-state index is 16.5. The SMILES string of the molecule is Cc1cc(N)nc(-c2ccc3c(N4CC[C@H]5CC[C@@H](C4)N5)nc(OC[C@]45CCCN4C[C@@H](C)C5)nc3c2F)c1C(F)(F)F. The van der Waals surface area contributed by atoms with Gasteiger partial charge < -0.3 is 20.7 Å². The molecule has 0 spiro atoms. The van der Waals surface area contributed by atoms with Gasteiger partial charge >= 0.3 is 12.2 Å². The predicted molar refractivity (Wildman–Crippen MR) is 156 cm³/mol. The first-order valence-electron chi connectivity index (χ1n) is 15.2. The van der Waals surface area contributed by atoms with Gasteiger partial charge in [0.25, 0.3) is 0 Å². The Morgan fingerprint density at radius 3 is 2.72 bits per heavy atom. The van der Waals surface area contributed by atoms with E-state index in [4.69, 9.17) is 15.5 Å². The minimum atomic E-state index is -4.75. The summed E-state index contributed by atoms with van der Waals surface area (Å²) in [7, 11) is 0. The van der Waals surface area contributed by atoms with E-state index in [0.29, 0.717) is 42.9 Å². The van der Waals surface area contributed by atoms with Crippen LogP contribution in [0.3, 0.4) is 0 Å². The fourth-order valence-electron chi connectivity index (χ4n) is 8.02. The van der Waals surface area contributed by atoms with Crippen LogP contribution in [0.1, 0.15) is 56.6 Å². The maximum Gasteiger partial charge on any atom is 0.418 e. The summed E-state index contributed by atoms with van der Waals surface area (Å²) >= 11 is 0. The number of alkyl halides is 3. The molecule has 0 radical (unpaired) electrons. The van der Waals surface area contributed by atoms with Gasteiger partial charge in [-0.05, 0) is 81.7 Å². The molecule has 8 nitrogen and oxygen atoms in total. The third-order valence-corrected chi connectivity index (χ3v) is 9.84. The van der Waals surface area contributed by atoms with Crippen LogP contribution in [-0.4, -0.2) is 70.3 Å². The Morgan fingerprint density at radius 1 is 1.09 bits per heavy atom. The Labute approximate surface area is 248 Å². The number of pyridine rings is 1. The molecule has 2 bridgehead atoms. The molecule has 0 unspecified atom stereocenters. The van der Waals surface area contributed by atoms with E-state index in [1.165, 1.54) is 13.0 Å². The monoisotopic (exact) mass is 599 g/mol. The van der Waals surface area contributed by atoms with E-state index in [0.717, 1.165) is 57.7 Å². The van der Waals surface area contributed by atoms with Crippen molar-refractivity contribution in [2.24, 2.45) is 5.92 Å². The Hall–Kier alpha value is -3.25. The molecule has 3 N–H and O–H groups in total. The summed E-state index contributed by atoms with van der Waals surface area (Å²) in [5.41, 5.74) is 3.65. The van der Waals surface area contributed by atoms with Gasteiger partial charge in [0.2, 0.25) is 0 Å². The van der Waals surface area contributed by atoms with Crippen molar-refractivity contribution in [2.45, 2.75) is 76.2 Å². The van der Waals surface area contributed by atoms with Crippen molar-refractivity contribution in [1.29, 1.82) is 0 Å². The summed E-state index contributed by atoms with van der Waals surface area (Å²) < 4.78 is 65.3. The minimum absolute atomic E-state index is 0.0365. The molecule has 2 aromatic heterocycles. The lowest BCUT2D eigenvalue weighted by molar-refractivity contribution is -0.137. The molecular weight excluding hydrogens is 562 g/mol. The first-order valence-corrected chi connectivity index (χ1v) is 15.2. The van der Waals surface area contributed by atoms with Crippen LogP contribution >= 0.6 is 0 Å². The van der Waals surface area contributed by atoms with Gasteiger partial charge in [-0.3, -0.25) is 4.90 Å². The molecule has 1 aromatic carbocycles. The third-order valence-electron chi connectivity index (χ3n) is 9.84. The third kappa shape index (κ3) is 5.05. The number of benzene rings is 1. The quantitative estimate of drug-likeness (QED) is 0.381. The van der Waals surface area contributed by atoms with Gasteiger partial charge in [0.15, 0.2) is 5.82 Å². The Morgan fingerprint density at radius 2 is 1.91 bits per heavy atom. The van der Waals surface area contributed by atoms with Crippen molar-refractivity contribution in [3.8, 4) is 17.3 Å². The number of aryl methyl sites for hydroxylation is 1. The lowest BCUT2D eigenvalue weighted by atomic mass is 9.92. The Balaban J connectivity index is 1.34. The number of hydrogen-bond acceptors (Lipinski definition) is 8. The molecule has 4 saturated heterocycles. The van der Waals surface area contributed by atoms with Crippen molar-refractivity contribution >= 4 is 22.5 Å². The molecule has 0 saturated carbocycles. The first kappa shape index (κ1) is 28.5. The largest absolute Gasteiger partial charge is 0.461 e. The van der Waals surface area contributed by atoms with Crippen LogP contribution in [0, 0.1) is 18.7 Å². The summed E-state index contributed by atoms with van der Waals surface area (Å²) in [6, 6.07) is 4.82. The molecule has 4 aliphatic rings.